The highest BCUT2D eigenvalue weighted by atomic mass is 16.5. The van der Waals surface area contributed by atoms with Crippen molar-refractivity contribution in [3.8, 4) is 23.0 Å². The summed E-state index contributed by atoms with van der Waals surface area (Å²) in [5.41, 5.74) is 9.10. The molecular weight excluding hydrogens is 450 g/mol. The van der Waals surface area contributed by atoms with E-state index in [-0.39, 0.29) is 17.6 Å². The Hall–Kier alpha value is -4.21. The first-order valence-electron chi connectivity index (χ1n) is 11.2. The maximum Gasteiger partial charge on any atom is 0.241 e. The summed E-state index contributed by atoms with van der Waals surface area (Å²) in [5, 5.41) is 7.70. The first-order valence-corrected chi connectivity index (χ1v) is 11.2. The predicted molar refractivity (Wildman–Crippen MR) is 129 cm³/mol. The molecule has 2 heterocycles. The smallest absolute Gasteiger partial charge is 0.241 e. The van der Waals surface area contributed by atoms with E-state index >= 15 is 0 Å². The Morgan fingerprint density at radius 2 is 1.69 bits per heavy atom. The molecule has 10 heteroatoms. The third kappa shape index (κ3) is 3.80. The Balaban J connectivity index is 1.61. The highest BCUT2D eigenvalue weighted by Gasteiger charge is 2.41. The van der Waals surface area contributed by atoms with Gasteiger partial charge in [0.15, 0.2) is 17.3 Å². The topological polar surface area (TPSA) is 123 Å². The van der Waals surface area contributed by atoms with Crippen LogP contribution in [0.15, 0.2) is 47.7 Å². The van der Waals surface area contributed by atoms with Gasteiger partial charge >= 0.3 is 0 Å². The molecule has 10 nitrogen and oxygen atoms in total. The molecule has 0 fully saturated rings. The van der Waals surface area contributed by atoms with Crippen molar-refractivity contribution in [2.24, 2.45) is 0 Å². The quantitative estimate of drug-likeness (QED) is 0.550. The van der Waals surface area contributed by atoms with E-state index in [9.17, 15) is 4.79 Å². The number of carbonyl (C=O) groups excluding carboxylic acids is 1. The van der Waals surface area contributed by atoms with Crippen molar-refractivity contribution in [2.45, 2.75) is 24.8 Å². The zero-order valence-corrected chi connectivity index (χ0v) is 20.0. The molecule has 3 aromatic rings. The van der Waals surface area contributed by atoms with Gasteiger partial charge in [-0.15, -0.1) is 5.10 Å². The first kappa shape index (κ1) is 22.6. The van der Waals surface area contributed by atoms with Gasteiger partial charge in [-0.05, 0) is 48.2 Å². The number of Topliss-reactive ketones (excluding diaryl/α,β-unsaturated/α-hetero) is 1. The summed E-state index contributed by atoms with van der Waals surface area (Å²) in [7, 11) is 6.38. The van der Waals surface area contributed by atoms with Crippen LogP contribution in [0.4, 0.5) is 11.9 Å². The number of ketones is 1. The molecule has 2 aliphatic rings. The van der Waals surface area contributed by atoms with E-state index in [1.54, 1.807) is 33.1 Å². The minimum atomic E-state index is -0.560. The molecule has 3 N–H and O–H groups in total. The first-order chi connectivity index (χ1) is 17.0. The number of rotatable bonds is 6. The third-order valence-corrected chi connectivity index (χ3v) is 6.55. The Bertz CT molecular complexity index is 1330. The highest BCUT2D eigenvalue weighted by molar-refractivity contribution is 6.00. The molecule has 1 aromatic heterocycles. The molecule has 35 heavy (non-hydrogen) atoms. The number of anilines is 2. The molecule has 5 rings (SSSR count). The number of ether oxygens (including phenoxy) is 4. The average molecular weight is 478 g/mol. The van der Waals surface area contributed by atoms with Gasteiger partial charge in [0.05, 0.1) is 28.4 Å². The van der Waals surface area contributed by atoms with Gasteiger partial charge in [-0.3, -0.25) is 4.79 Å². The molecule has 0 amide bonds. The van der Waals surface area contributed by atoms with Gasteiger partial charge < -0.3 is 30.0 Å². The normalized spacial score (nSPS) is 18.9. The van der Waals surface area contributed by atoms with Crippen LogP contribution in [0.3, 0.4) is 0 Å². The van der Waals surface area contributed by atoms with Crippen molar-refractivity contribution < 1.29 is 23.7 Å². The van der Waals surface area contributed by atoms with Crippen molar-refractivity contribution in [3.63, 3.8) is 0 Å². The average Bonchev–Trinajstić information content (AvgIpc) is 3.25. The number of hydrogen-bond acceptors (Lipinski definition) is 9. The number of aromatic nitrogens is 3. The van der Waals surface area contributed by atoms with E-state index in [0.29, 0.717) is 47.4 Å². The molecule has 2 aromatic carbocycles. The lowest BCUT2D eigenvalue weighted by Gasteiger charge is -2.35. The van der Waals surface area contributed by atoms with E-state index in [4.69, 9.17) is 24.7 Å². The fraction of sp³-hybridized carbons (Fsp3) is 0.320. The number of nitrogens with two attached hydrogens (primary N) is 1. The maximum atomic E-state index is 13.7. The summed E-state index contributed by atoms with van der Waals surface area (Å²) < 4.78 is 23.6. The van der Waals surface area contributed by atoms with Crippen LogP contribution in [-0.2, 0) is 4.79 Å². The van der Waals surface area contributed by atoms with Crippen molar-refractivity contribution in [1.82, 2.24) is 14.8 Å². The Kier molecular flexibility index (Phi) is 5.72. The summed E-state index contributed by atoms with van der Waals surface area (Å²) in [5.74, 6) is 3.06. The van der Waals surface area contributed by atoms with Gasteiger partial charge in [0.2, 0.25) is 11.9 Å². The minimum absolute atomic E-state index is 0.00753. The van der Waals surface area contributed by atoms with Crippen LogP contribution in [0.2, 0.25) is 0 Å². The number of hydrogen-bond donors (Lipinski definition) is 2. The Morgan fingerprint density at radius 1 is 0.943 bits per heavy atom. The molecule has 1 aliphatic heterocycles. The lowest BCUT2D eigenvalue weighted by molar-refractivity contribution is -0.116. The standard InChI is InChI=1S/C25H27N5O5/c1-32-15-6-8-19(33-2)16(12-15)23-22-17(27-25-28-24(26)29-30(23)25)9-14(10-18(22)31)13-5-7-20(34-3)21(11-13)35-4/h5-8,11-12,14,23H,9-10H2,1-4H3,(H3,26,27,28,29)/t14-,23+/m1/s1. The predicted octanol–water partition coefficient (Wildman–Crippen LogP) is 3.31. The lowest BCUT2D eigenvalue weighted by Crippen LogP contribution is -2.33. The number of fused-ring (bicyclic) bond motifs is 1. The molecule has 0 saturated carbocycles. The Labute approximate surface area is 202 Å². The second kappa shape index (κ2) is 8.86. The van der Waals surface area contributed by atoms with Gasteiger partial charge in [0.1, 0.15) is 17.5 Å². The molecule has 0 spiro atoms. The van der Waals surface area contributed by atoms with Crippen LogP contribution in [0.1, 0.15) is 35.9 Å². The third-order valence-electron chi connectivity index (χ3n) is 6.55. The van der Waals surface area contributed by atoms with Crippen molar-refractivity contribution in [2.75, 3.05) is 39.5 Å². The summed E-state index contributed by atoms with van der Waals surface area (Å²) in [6.07, 6.45) is 0.935. The molecule has 2 atom stereocenters. The Morgan fingerprint density at radius 3 is 2.40 bits per heavy atom. The maximum absolute atomic E-state index is 13.7. The van der Waals surface area contributed by atoms with Crippen molar-refractivity contribution in [3.05, 3.63) is 58.8 Å². The summed E-state index contributed by atoms with van der Waals surface area (Å²) in [4.78, 5) is 18.1. The number of benzene rings is 2. The molecule has 0 saturated heterocycles. The number of nitrogens with one attached hydrogen (secondary N) is 1. The van der Waals surface area contributed by atoms with Gasteiger partial charge in [0.25, 0.3) is 0 Å². The lowest BCUT2D eigenvalue weighted by atomic mass is 9.77. The molecule has 0 radical (unpaired) electrons. The summed E-state index contributed by atoms with van der Waals surface area (Å²) in [6, 6.07) is 10.7. The minimum Gasteiger partial charge on any atom is -0.497 e. The molecule has 1 aliphatic carbocycles. The van der Waals surface area contributed by atoms with Crippen molar-refractivity contribution in [1.29, 1.82) is 0 Å². The number of allylic oxidation sites excluding steroid dienone is 2. The van der Waals surface area contributed by atoms with Gasteiger partial charge in [-0.25, -0.2) is 4.68 Å². The van der Waals surface area contributed by atoms with E-state index in [1.807, 2.05) is 36.4 Å². The fourth-order valence-corrected chi connectivity index (χ4v) is 4.91. The van der Waals surface area contributed by atoms with Crippen LogP contribution in [0.5, 0.6) is 23.0 Å². The van der Waals surface area contributed by atoms with Gasteiger partial charge in [-0.1, -0.05) is 6.07 Å². The van der Waals surface area contributed by atoms with E-state index in [1.165, 1.54) is 0 Å². The van der Waals surface area contributed by atoms with Crippen molar-refractivity contribution >= 4 is 17.7 Å². The van der Waals surface area contributed by atoms with E-state index < -0.39 is 6.04 Å². The van der Waals surface area contributed by atoms with Crippen LogP contribution >= 0.6 is 0 Å². The highest BCUT2D eigenvalue weighted by Crippen LogP contribution is 2.47. The SMILES string of the molecule is COc1ccc(OC)c([C@H]2C3=C(C[C@@H](c4ccc(OC)c(OC)c4)CC3=O)Nc3nc(N)nn32)c1. The van der Waals surface area contributed by atoms with Crippen LogP contribution in [0.25, 0.3) is 0 Å². The summed E-state index contributed by atoms with van der Waals surface area (Å²) in [6.45, 7) is 0. The van der Waals surface area contributed by atoms with Crippen LogP contribution in [-0.4, -0.2) is 49.0 Å². The zero-order chi connectivity index (χ0) is 24.7. The molecule has 182 valence electrons. The molecule has 0 bridgehead atoms. The zero-order valence-electron chi connectivity index (χ0n) is 20.0. The monoisotopic (exact) mass is 477 g/mol. The van der Waals surface area contributed by atoms with Gasteiger partial charge in [0, 0.05) is 23.3 Å². The van der Waals surface area contributed by atoms with Crippen LogP contribution < -0.4 is 30.0 Å². The summed E-state index contributed by atoms with van der Waals surface area (Å²) >= 11 is 0. The van der Waals surface area contributed by atoms with E-state index in [0.717, 1.165) is 16.8 Å². The number of methoxy groups -OCH3 is 4. The van der Waals surface area contributed by atoms with E-state index in [2.05, 4.69) is 15.4 Å². The number of carbonyl (C=O) groups is 1. The second-order valence-corrected chi connectivity index (χ2v) is 8.41. The fourth-order valence-electron chi connectivity index (χ4n) is 4.91. The van der Waals surface area contributed by atoms with Crippen LogP contribution in [0, 0.1) is 0 Å². The molecule has 0 unspecified atom stereocenters. The number of nitrogens with zero attached hydrogens (tertiary/aromatic N) is 3. The number of nitrogen functional groups attached to an aromatic ring is 1. The largest absolute Gasteiger partial charge is 0.497 e. The second-order valence-electron chi connectivity index (χ2n) is 8.41. The van der Waals surface area contributed by atoms with Gasteiger partial charge in [-0.2, -0.15) is 4.98 Å². The molecular formula is C25H27N5O5.